The van der Waals surface area contributed by atoms with Crippen LogP contribution in [0.25, 0.3) is 0 Å². The Morgan fingerprint density at radius 1 is 1.18 bits per heavy atom. The molecule has 0 radical (unpaired) electrons. The second-order valence-corrected chi connectivity index (χ2v) is 6.22. The van der Waals surface area contributed by atoms with Gasteiger partial charge < -0.3 is 51.2 Å². The van der Waals surface area contributed by atoms with Crippen molar-refractivity contribution in [2.45, 2.75) is 47.8 Å². The molecular formula is C11H17N3O8. The van der Waals surface area contributed by atoms with Crippen molar-refractivity contribution < 1.29 is 40.1 Å². The molecule has 5 rings (SSSR count). The summed E-state index contributed by atoms with van der Waals surface area (Å²) in [7, 11) is 0. The predicted molar refractivity (Wildman–Crippen MR) is 65.7 cm³/mol. The minimum atomic E-state index is -2.52. The molecule has 4 aliphatic heterocycles. The molecule has 4 fully saturated rings. The highest BCUT2D eigenvalue weighted by Crippen LogP contribution is 2.58. The first-order valence-electron chi connectivity index (χ1n) is 6.77. The molecule has 0 aromatic rings. The molecule has 11 heteroatoms. The van der Waals surface area contributed by atoms with Gasteiger partial charge in [0.05, 0.1) is 12.5 Å². The van der Waals surface area contributed by atoms with Crippen LogP contribution in [-0.2, 0) is 9.47 Å². The summed E-state index contributed by atoms with van der Waals surface area (Å²) < 4.78 is 10.3. The van der Waals surface area contributed by atoms with Crippen LogP contribution in [0.15, 0.2) is 4.99 Å². The van der Waals surface area contributed by atoms with Gasteiger partial charge in [-0.25, -0.2) is 4.99 Å². The molecule has 124 valence electrons. The normalized spacial score (nSPS) is 62.4. The van der Waals surface area contributed by atoms with Crippen molar-refractivity contribution in [3.8, 4) is 0 Å². The molecule has 0 aromatic carbocycles. The predicted octanol–water partition coefficient (Wildman–Crippen LogP) is -5.52. The van der Waals surface area contributed by atoms with E-state index in [1.165, 1.54) is 0 Å². The van der Waals surface area contributed by atoms with E-state index in [9.17, 15) is 30.6 Å². The van der Waals surface area contributed by atoms with Gasteiger partial charge in [-0.2, -0.15) is 0 Å². The number of nitrogens with one attached hydrogen (secondary N) is 1. The van der Waals surface area contributed by atoms with E-state index in [0.717, 1.165) is 0 Å². The van der Waals surface area contributed by atoms with Gasteiger partial charge in [0.1, 0.15) is 29.5 Å². The van der Waals surface area contributed by atoms with Crippen LogP contribution in [0.4, 0.5) is 0 Å². The Morgan fingerprint density at radius 3 is 2.45 bits per heavy atom. The third kappa shape index (κ3) is 1.28. The van der Waals surface area contributed by atoms with E-state index in [2.05, 4.69) is 10.3 Å². The Morgan fingerprint density at radius 2 is 1.82 bits per heavy atom. The largest absolute Gasteiger partial charge is 0.393 e. The maximum atomic E-state index is 10.6. The third-order valence-electron chi connectivity index (χ3n) is 5.22. The lowest BCUT2D eigenvalue weighted by molar-refractivity contribution is -0.548. The Kier molecular flexibility index (Phi) is 2.57. The summed E-state index contributed by atoms with van der Waals surface area (Å²) in [6, 6.07) is 0. The van der Waals surface area contributed by atoms with Crippen LogP contribution >= 0.6 is 0 Å². The molecule has 0 aromatic heterocycles. The lowest BCUT2D eigenvalue weighted by Gasteiger charge is -2.71. The number of hydrogen-bond donors (Lipinski definition) is 8. The molecule has 0 unspecified atom stereocenters. The second-order valence-electron chi connectivity index (χ2n) is 6.22. The standard InChI is InChI=1S/C11H17N3O8/c12-8-13-6(17)2-4-9(19,1-15)5-3(16)10(2,14-8)7(18)11(20,21-4)22-5/h2-7,15-20H,1H2,(H3,12,13,14)/t2-,3+,4-,5+,6-,7+,9+,10-,11+/m1/s1. The lowest BCUT2D eigenvalue weighted by atomic mass is 9.55. The zero-order valence-electron chi connectivity index (χ0n) is 11.2. The number of ether oxygens (including phenoxy) is 2. The Labute approximate surface area is 123 Å². The van der Waals surface area contributed by atoms with Crippen LogP contribution in [0, 0.1) is 5.92 Å². The zero-order chi connectivity index (χ0) is 16.1. The number of nitrogens with zero attached hydrogens (tertiary/aromatic N) is 1. The first-order valence-corrected chi connectivity index (χ1v) is 6.77. The maximum absolute atomic E-state index is 10.6. The van der Waals surface area contributed by atoms with E-state index in [0.29, 0.717) is 0 Å². The summed E-state index contributed by atoms with van der Waals surface area (Å²) >= 11 is 0. The maximum Gasteiger partial charge on any atom is 0.311 e. The summed E-state index contributed by atoms with van der Waals surface area (Å²) in [6.07, 6.45) is -7.77. The summed E-state index contributed by atoms with van der Waals surface area (Å²) in [5.41, 5.74) is 1.74. The molecule has 4 bridgehead atoms. The van der Waals surface area contributed by atoms with Gasteiger partial charge in [-0.1, -0.05) is 0 Å². The van der Waals surface area contributed by atoms with E-state index >= 15 is 0 Å². The number of aliphatic hydroxyl groups excluding tert-OH is 4. The smallest absolute Gasteiger partial charge is 0.311 e. The first-order chi connectivity index (χ1) is 10.2. The van der Waals surface area contributed by atoms with E-state index in [1.54, 1.807) is 0 Å². The summed E-state index contributed by atoms with van der Waals surface area (Å²) in [4.78, 5) is 3.70. The van der Waals surface area contributed by atoms with Crippen LogP contribution in [0.1, 0.15) is 0 Å². The van der Waals surface area contributed by atoms with Crippen molar-refractivity contribution >= 4 is 5.96 Å². The molecule has 1 spiro atoms. The van der Waals surface area contributed by atoms with Crippen LogP contribution in [0.5, 0.6) is 0 Å². The molecule has 1 aliphatic carbocycles. The van der Waals surface area contributed by atoms with Crippen LogP contribution < -0.4 is 11.1 Å². The van der Waals surface area contributed by atoms with Gasteiger partial charge in [-0.05, 0) is 0 Å². The molecule has 11 nitrogen and oxygen atoms in total. The van der Waals surface area contributed by atoms with Crippen molar-refractivity contribution in [1.29, 1.82) is 0 Å². The SMILES string of the molecule is NC1=N[C@H](O)[C@H]2[C@H]3O[C@]4(O)O[C@@H]([C@H](O)[C@@]2(N1)[C@@H]4O)[C@]3(O)CO. The monoisotopic (exact) mass is 319 g/mol. The quantitative estimate of drug-likeness (QED) is 0.231. The first kappa shape index (κ1) is 14.5. The highest BCUT2D eigenvalue weighted by atomic mass is 16.9. The molecule has 0 amide bonds. The van der Waals surface area contributed by atoms with Gasteiger partial charge in [0.15, 0.2) is 18.3 Å². The molecule has 9 N–H and O–H groups in total. The molecule has 9 atom stereocenters. The fourth-order valence-corrected chi connectivity index (χ4v) is 4.24. The molecule has 22 heavy (non-hydrogen) atoms. The topological polar surface area (TPSA) is 190 Å². The molecule has 1 saturated carbocycles. The summed E-state index contributed by atoms with van der Waals surface area (Å²) in [6.45, 7) is -0.857. The number of rotatable bonds is 1. The van der Waals surface area contributed by atoms with E-state index in [4.69, 9.17) is 15.2 Å². The Hall–Kier alpha value is -1.05. The number of guanidine groups is 1. The fourth-order valence-electron chi connectivity index (χ4n) is 4.24. The molecule has 3 saturated heterocycles. The van der Waals surface area contributed by atoms with Gasteiger partial charge in [0, 0.05) is 0 Å². The van der Waals surface area contributed by atoms with Crippen LogP contribution in [0.2, 0.25) is 0 Å². The van der Waals surface area contributed by atoms with Crippen molar-refractivity contribution in [2.24, 2.45) is 16.6 Å². The van der Waals surface area contributed by atoms with Gasteiger partial charge >= 0.3 is 5.97 Å². The van der Waals surface area contributed by atoms with Crippen molar-refractivity contribution in [3.63, 3.8) is 0 Å². The zero-order valence-corrected chi connectivity index (χ0v) is 11.2. The molecule has 4 heterocycles. The van der Waals surface area contributed by atoms with Gasteiger partial charge in [0.2, 0.25) is 0 Å². The van der Waals surface area contributed by atoms with Gasteiger partial charge in [0.25, 0.3) is 0 Å². The summed E-state index contributed by atoms with van der Waals surface area (Å²) in [5.74, 6) is -3.95. The Bertz CT molecular complexity index is 561. The number of hydrogen-bond acceptors (Lipinski definition) is 11. The Balaban J connectivity index is 1.95. The third-order valence-corrected chi connectivity index (χ3v) is 5.22. The van der Waals surface area contributed by atoms with Crippen LogP contribution in [-0.4, -0.2) is 91.0 Å². The van der Waals surface area contributed by atoms with E-state index in [1.807, 2.05) is 0 Å². The average molecular weight is 319 g/mol. The van der Waals surface area contributed by atoms with Crippen molar-refractivity contribution in [2.75, 3.05) is 6.61 Å². The number of aliphatic imine (C=N–C) groups is 1. The van der Waals surface area contributed by atoms with E-state index < -0.39 is 60.3 Å². The lowest BCUT2D eigenvalue weighted by Crippen LogP contribution is -2.95. The van der Waals surface area contributed by atoms with Crippen molar-refractivity contribution in [1.82, 2.24) is 5.32 Å². The van der Waals surface area contributed by atoms with Crippen LogP contribution in [0.3, 0.4) is 0 Å². The van der Waals surface area contributed by atoms with Crippen molar-refractivity contribution in [3.05, 3.63) is 0 Å². The molecular weight excluding hydrogens is 302 g/mol. The summed E-state index contributed by atoms with van der Waals surface area (Å²) in [5, 5.41) is 64.3. The fraction of sp³-hybridized carbons (Fsp3) is 0.909. The second kappa shape index (κ2) is 3.88. The average Bonchev–Trinajstić information content (AvgIpc) is 2.45. The van der Waals surface area contributed by atoms with Gasteiger partial charge in [-0.3, -0.25) is 0 Å². The minimum absolute atomic E-state index is 0.250. The van der Waals surface area contributed by atoms with Gasteiger partial charge in [-0.15, -0.1) is 0 Å². The number of aliphatic hydroxyl groups is 6. The highest BCUT2D eigenvalue weighted by molar-refractivity contribution is 5.80. The van der Waals surface area contributed by atoms with E-state index in [-0.39, 0.29) is 5.96 Å². The highest BCUT2D eigenvalue weighted by Gasteiger charge is 2.82. The minimum Gasteiger partial charge on any atom is -0.393 e. The number of nitrogens with two attached hydrogens (primary N) is 1. The molecule has 5 aliphatic rings.